The zero-order chi connectivity index (χ0) is 21.4. The van der Waals surface area contributed by atoms with Gasteiger partial charge in [-0.3, -0.25) is 4.98 Å². The van der Waals surface area contributed by atoms with Gasteiger partial charge in [0.2, 0.25) is 0 Å². The van der Waals surface area contributed by atoms with Gasteiger partial charge in [-0.15, -0.1) is 0 Å². The molecule has 1 heterocycles. The van der Waals surface area contributed by atoms with Gasteiger partial charge in [0.1, 0.15) is 5.75 Å². The Bertz CT molecular complexity index is 662. The number of aromatic nitrogens is 1. The van der Waals surface area contributed by atoms with Crippen LogP contribution in [0, 0.1) is 0 Å². The molecule has 2 heteroatoms. The Labute approximate surface area is 185 Å². The number of pyridine rings is 1. The standard InChI is InChI=1S/C28H43NO/c1-4-6-8-10-11-12-14-16-27-20-17-26(23-29-27)25-18-21-28(22-19-25)30-24(3)15-13-9-7-5-2/h17-24H,4-16H2,1-3H3/t24-/m1/s1. The van der Waals surface area contributed by atoms with Crippen LogP contribution in [0.4, 0.5) is 0 Å². The van der Waals surface area contributed by atoms with Crippen molar-refractivity contribution in [1.29, 1.82) is 0 Å². The van der Waals surface area contributed by atoms with E-state index < -0.39 is 0 Å². The van der Waals surface area contributed by atoms with E-state index in [0.717, 1.165) is 18.6 Å². The predicted octanol–water partition coefficient (Wildman–Crippen LogP) is 8.78. The third-order valence-electron chi connectivity index (χ3n) is 5.85. The summed E-state index contributed by atoms with van der Waals surface area (Å²) in [6.45, 7) is 6.70. The van der Waals surface area contributed by atoms with Crippen LogP contribution in [0.2, 0.25) is 0 Å². The van der Waals surface area contributed by atoms with Gasteiger partial charge in [-0.2, -0.15) is 0 Å². The number of nitrogens with zero attached hydrogens (tertiary/aromatic N) is 1. The van der Waals surface area contributed by atoms with E-state index in [1.165, 1.54) is 87.4 Å². The minimum absolute atomic E-state index is 0.278. The molecule has 1 aromatic carbocycles. The Balaban J connectivity index is 1.73. The molecule has 1 atom stereocenters. The first-order valence-electron chi connectivity index (χ1n) is 12.4. The van der Waals surface area contributed by atoms with E-state index >= 15 is 0 Å². The molecular formula is C28H43NO. The largest absolute Gasteiger partial charge is 0.491 e. The van der Waals surface area contributed by atoms with Gasteiger partial charge in [0.25, 0.3) is 0 Å². The summed E-state index contributed by atoms with van der Waals surface area (Å²) >= 11 is 0. The Morgan fingerprint density at radius 1 is 0.700 bits per heavy atom. The van der Waals surface area contributed by atoms with Crippen molar-refractivity contribution in [3.05, 3.63) is 48.3 Å². The average molecular weight is 410 g/mol. The average Bonchev–Trinajstić information content (AvgIpc) is 2.77. The first-order chi connectivity index (χ1) is 14.7. The first kappa shape index (κ1) is 24.4. The number of hydrogen-bond donors (Lipinski definition) is 0. The smallest absolute Gasteiger partial charge is 0.119 e. The molecule has 166 valence electrons. The van der Waals surface area contributed by atoms with Gasteiger partial charge in [-0.05, 0) is 56.4 Å². The van der Waals surface area contributed by atoms with Crippen molar-refractivity contribution in [2.24, 2.45) is 0 Å². The Hall–Kier alpha value is -1.83. The summed E-state index contributed by atoms with van der Waals surface area (Å²) in [7, 11) is 0. The summed E-state index contributed by atoms with van der Waals surface area (Å²) in [4.78, 5) is 4.69. The molecule has 0 aliphatic rings. The number of hydrogen-bond acceptors (Lipinski definition) is 2. The summed E-state index contributed by atoms with van der Waals surface area (Å²) in [6.07, 6.45) is 19.1. The SMILES string of the molecule is CCCCCCCCCc1ccc(-c2ccc(O[C@H](C)CCCCCC)cc2)cn1. The summed E-state index contributed by atoms with van der Waals surface area (Å²) < 4.78 is 6.07. The molecule has 0 fully saturated rings. The molecule has 1 aromatic heterocycles. The third-order valence-corrected chi connectivity index (χ3v) is 5.85. The molecule has 30 heavy (non-hydrogen) atoms. The molecule has 0 radical (unpaired) electrons. The molecule has 0 unspecified atom stereocenters. The number of unbranched alkanes of at least 4 members (excludes halogenated alkanes) is 9. The van der Waals surface area contributed by atoms with Crippen molar-refractivity contribution >= 4 is 0 Å². The quantitative estimate of drug-likeness (QED) is 0.258. The molecule has 0 amide bonds. The Morgan fingerprint density at radius 3 is 1.93 bits per heavy atom. The van der Waals surface area contributed by atoms with Gasteiger partial charge in [0.15, 0.2) is 0 Å². The van der Waals surface area contributed by atoms with Gasteiger partial charge in [0, 0.05) is 17.5 Å². The van der Waals surface area contributed by atoms with E-state index in [1.54, 1.807) is 0 Å². The van der Waals surface area contributed by atoms with Crippen LogP contribution < -0.4 is 4.74 Å². The normalized spacial score (nSPS) is 12.1. The number of aryl methyl sites for hydroxylation is 1. The second-order valence-electron chi connectivity index (χ2n) is 8.71. The second kappa shape index (κ2) is 15.0. The van der Waals surface area contributed by atoms with E-state index in [1.807, 2.05) is 6.20 Å². The highest BCUT2D eigenvalue weighted by molar-refractivity contribution is 5.63. The molecule has 0 aliphatic carbocycles. The first-order valence-corrected chi connectivity index (χ1v) is 12.4. The van der Waals surface area contributed by atoms with Crippen molar-refractivity contribution in [3.8, 4) is 16.9 Å². The van der Waals surface area contributed by atoms with Gasteiger partial charge in [-0.1, -0.05) is 89.8 Å². The molecule has 0 saturated carbocycles. The van der Waals surface area contributed by atoms with Crippen LogP contribution in [-0.4, -0.2) is 11.1 Å². The van der Waals surface area contributed by atoms with Crippen LogP contribution in [0.1, 0.15) is 104 Å². The lowest BCUT2D eigenvalue weighted by Gasteiger charge is -2.15. The van der Waals surface area contributed by atoms with Crippen LogP contribution in [-0.2, 0) is 6.42 Å². The van der Waals surface area contributed by atoms with Crippen molar-refractivity contribution in [2.45, 2.75) is 110 Å². The molecule has 2 aromatic rings. The minimum Gasteiger partial charge on any atom is -0.491 e. The van der Waals surface area contributed by atoms with Crippen LogP contribution in [0.5, 0.6) is 5.75 Å². The highest BCUT2D eigenvalue weighted by Gasteiger charge is 2.05. The fourth-order valence-electron chi connectivity index (χ4n) is 3.88. The molecule has 0 saturated heterocycles. The van der Waals surface area contributed by atoms with Gasteiger partial charge >= 0.3 is 0 Å². The third kappa shape index (κ3) is 9.78. The van der Waals surface area contributed by atoms with E-state index in [2.05, 4.69) is 57.2 Å². The van der Waals surface area contributed by atoms with Crippen LogP contribution in [0.25, 0.3) is 11.1 Å². The van der Waals surface area contributed by atoms with Gasteiger partial charge in [0.05, 0.1) is 6.10 Å². The van der Waals surface area contributed by atoms with Crippen LogP contribution in [0.3, 0.4) is 0 Å². The summed E-state index contributed by atoms with van der Waals surface area (Å²) in [5.74, 6) is 0.963. The Kier molecular flexibility index (Phi) is 12.3. The van der Waals surface area contributed by atoms with Gasteiger partial charge in [-0.25, -0.2) is 0 Å². The van der Waals surface area contributed by atoms with E-state index in [9.17, 15) is 0 Å². The fourth-order valence-corrected chi connectivity index (χ4v) is 3.88. The maximum atomic E-state index is 6.07. The lowest BCUT2D eigenvalue weighted by Crippen LogP contribution is -2.11. The lowest BCUT2D eigenvalue weighted by atomic mass is 10.0. The number of rotatable bonds is 16. The van der Waals surface area contributed by atoms with Gasteiger partial charge < -0.3 is 4.74 Å². The molecule has 0 N–H and O–H groups in total. The molecule has 2 nitrogen and oxygen atoms in total. The van der Waals surface area contributed by atoms with Crippen molar-refractivity contribution in [3.63, 3.8) is 0 Å². The van der Waals surface area contributed by atoms with Crippen molar-refractivity contribution in [2.75, 3.05) is 0 Å². The summed E-state index contributed by atoms with van der Waals surface area (Å²) in [5.41, 5.74) is 3.59. The molecule has 0 aliphatic heterocycles. The summed E-state index contributed by atoms with van der Waals surface area (Å²) in [5, 5.41) is 0. The number of ether oxygens (including phenoxy) is 1. The maximum absolute atomic E-state index is 6.07. The molecule has 0 spiro atoms. The highest BCUT2D eigenvalue weighted by Crippen LogP contribution is 2.23. The maximum Gasteiger partial charge on any atom is 0.119 e. The zero-order valence-corrected chi connectivity index (χ0v) is 19.7. The van der Waals surface area contributed by atoms with Crippen LogP contribution in [0.15, 0.2) is 42.6 Å². The predicted molar refractivity (Wildman–Crippen MR) is 130 cm³/mol. The fraction of sp³-hybridized carbons (Fsp3) is 0.607. The zero-order valence-electron chi connectivity index (χ0n) is 19.7. The minimum atomic E-state index is 0.278. The second-order valence-corrected chi connectivity index (χ2v) is 8.71. The summed E-state index contributed by atoms with van der Waals surface area (Å²) in [6, 6.07) is 12.9. The van der Waals surface area contributed by atoms with E-state index in [-0.39, 0.29) is 6.10 Å². The van der Waals surface area contributed by atoms with E-state index in [0.29, 0.717) is 0 Å². The van der Waals surface area contributed by atoms with Crippen molar-refractivity contribution < 1.29 is 4.74 Å². The lowest BCUT2D eigenvalue weighted by molar-refractivity contribution is 0.206. The number of benzene rings is 1. The topological polar surface area (TPSA) is 22.1 Å². The van der Waals surface area contributed by atoms with Crippen LogP contribution >= 0.6 is 0 Å². The Morgan fingerprint density at radius 2 is 1.30 bits per heavy atom. The molecule has 2 rings (SSSR count). The highest BCUT2D eigenvalue weighted by atomic mass is 16.5. The van der Waals surface area contributed by atoms with E-state index in [4.69, 9.17) is 9.72 Å². The monoisotopic (exact) mass is 409 g/mol. The van der Waals surface area contributed by atoms with Crippen molar-refractivity contribution in [1.82, 2.24) is 4.98 Å². The molecular weight excluding hydrogens is 366 g/mol. The molecule has 0 bridgehead atoms.